The van der Waals surface area contributed by atoms with Gasteiger partial charge in [-0.2, -0.15) is 0 Å². The van der Waals surface area contributed by atoms with E-state index < -0.39 is 0 Å². The number of rotatable bonds is 2. The summed E-state index contributed by atoms with van der Waals surface area (Å²) in [5.74, 6) is 0.879. The lowest BCUT2D eigenvalue weighted by Gasteiger charge is -2.31. The molecule has 1 saturated carbocycles. The number of amides is 1. The Hall–Kier alpha value is -0.540. The first-order chi connectivity index (χ1) is 6.75. The summed E-state index contributed by atoms with van der Waals surface area (Å²) in [4.78, 5) is 13.6. The van der Waals surface area contributed by atoms with Gasteiger partial charge in [-0.05, 0) is 31.8 Å². The fourth-order valence-corrected chi connectivity index (χ4v) is 1.74. The standard InChI is InChI=1S/C11H18N2O.ClH/c1-9-8-13(7-6-12-9)11(14)5-4-10-2-3-10;/h4-5,9-10,12H,2-3,6-8H2,1H3;1H/b5-4+;/t9-;/m0./s1. The summed E-state index contributed by atoms with van der Waals surface area (Å²) in [5.41, 5.74) is 0. The van der Waals surface area contributed by atoms with Crippen molar-refractivity contribution in [2.45, 2.75) is 25.8 Å². The molecule has 1 amide bonds. The molecule has 0 spiro atoms. The molecule has 0 aromatic rings. The third kappa shape index (κ3) is 3.84. The molecule has 0 aromatic heterocycles. The van der Waals surface area contributed by atoms with Gasteiger partial charge in [-0.25, -0.2) is 0 Å². The molecule has 0 aromatic carbocycles. The van der Waals surface area contributed by atoms with E-state index >= 15 is 0 Å². The number of hydrogen-bond donors (Lipinski definition) is 1. The van der Waals surface area contributed by atoms with Crippen LogP contribution in [0.4, 0.5) is 0 Å². The Morgan fingerprint density at radius 2 is 2.20 bits per heavy atom. The van der Waals surface area contributed by atoms with Crippen molar-refractivity contribution in [1.29, 1.82) is 0 Å². The summed E-state index contributed by atoms with van der Waals surface area (Å²) in [6.45, 7) is 4.72. The number of nitrogens with one attached hydrogen (secondary N) is 1. The normalized spacial score (nSPS) is 26.5. The van der Waals surface area contributed by atoms with Crippen LogP contribution in [0.5, 0.6) is 0 Å². The number of allylic oxidation sites excluding steroid dienone is 1. The second-order valence-electron chi connectivity index (χ2n) is 4.34. The molecule has 2 rings (SSSR count). The number of carbonyl (C=O) groups is 1. The Labute approximate surface area is 97.3 Å². The maximum Gasteiger partial charge on any atom is 0.246 e. The van der Waals surface area contributed by atoms with Crippen molar-refractivity contribution in [3.8, 4) is 0 Å². The fourth-order valence-electron chi connectivity index (χ4n) is 1.74. The first-order valence-corrected chi connectivity index (χ1v) is 5.46. The Morgan fingerprint density at radius 3 is 2.80 bits per heavy atom. The highest BCUT2D eigenvalue weighted by Crippen LogP contribution is 2.29. The van der Waals surface area contributed by atoms with Crippen LogP contribution in [0.25, 0.3) is 0 Å². The molecule has 1 heterocycles. The van der Waals surface area contributed by atoms with E-state index in [2.05, 4.69) is 18.3 Å². The van der Waals surface area contributed by atoms with Crippen molar-refractivity contribution in [2.75, 3.05) is 19.6 Å². The van der Waals surface area contributed by atoms with Crippen LogP contribution in [-0.4, -0.2) is 36.5 Å². The van der Waals surface area contributed by atoms with E-state index in [-0.39, 0.29) is 18.3 Å². The van der Waals surface area contributed by atoms with Crippen LogP contribution in [0.2, 0.25) is 0 Å². The van der Waals surface area contributed by atoms with Crippen LogP contribution in [0, 0.1) is 5.92 Å². The first kappa shape index (κ1) is 12.5. The van der Waals surface area contributed by atoms with Crippen molar-refractivity contribution in [3.63, 3.8) is 0 Å². The fraction of sp³-hybridized carbons (Fsp3) is 0.727. The monoisotopic (exact) mass is 230 g/mol. The van der Waals surface area contributed by atoms with Crippen molar-refractivity contribution >= 4 is 18.3 Å². The van der Waals surface area contributed by atoms with Crippen LogP contribution in [0.15, 0.2) is 12.2 Å². The van der Waals surface area contributed by atoms with Gasteiger partial charge in [0, 0.05) is 25.7 Å². The van der Waals surface area contributed by atoms with Gasteiger partial charge in [0.15, 0.2) is 0 Å². The van der Waals surface area contributed by atoms with Crippen molar-refractivity contribution in [1.82, 2.24) is 10.2 Å². The summed E-state index contributed by atoms with van der Waals surface area (Å²) in [7, 11) is 0. The number of nitrogens with zero attached hydrogens (tertiary/aromatic N) is 1. The third-order valence-corrected chi connectivity index (χ3v) is 2.81. The molecule has 2 fully saturated rings. The SMILES string of the molecule is C[C@H]1CN(C(=O)/C=C/C2CC2)CCN1.Cl. The van der Waals surface area contributed by atoms with E-state index in [0.29, 0.717) is 12.0 Å². The summed E-state index contributed by atoms with van der Waals surface area (Å²) >= 11 is 0. The Kier molecular flexibility index (Phi) is 4.61. The van der Waals surface area contributed by atoms with Gasteiger partial charge in [-0.3, -0.25) is 4.79 Å². The van der Waals surface area contributed by atoms with E-state index in [1.54, 1.807) is 6.08 Å². The third-order valence-electron chi connectivity index (χ3n) is 2.81. The van der Waals surface area contributed by atoms with E-state index in [4.69, 9.17) is 0 Å². The zero-order chi connectivity index (χ0) is 9.97. The van der Waals surface area contributed by atoms with Crippen LogP contribution < -0.4 is 5.32 Å². The highest BCUT2D eigenvalue weighted by Gasteiger charge is 2.21. The molecule has 2 aliphatic rings. The smallest absolute Gasteiger partial charge is 0.246 e. The predicted molar refractivity (Wildman–Crippen MR) is 63.2 cm³/mol. The maximum absolute atomic E-state index is 11.7. The van der Waals surface area contributed by atoms with Crippen LogP contribution in [0.3, 0.4) is 0 Å². The average molecular weight is 231 g/mol. The lowest BCUT2D eigenvalue weighted by Crippen LogP contribution is -2.50. The lowest BCUT2D eigenvalue weighted by atomic mass is 10.2. The number of piperazine rings is 1. The Morgan fingerprint density at radius 1 is 1.47 bits per heavy atom. The molecule has 1 aliphatic heterocycles. The molecule has 1 saturated heterocycles. The van der Waals surface area contributed by atoms with Gasteiger partial charge in [0.05, 0.1) is 0 Å². The summed E-state index contributed by atoms with van der Waals surface area (Å²) in [6.07, 6.45) is 6.36. The predicted octanol–water partition coefficient (Wildman–Crippen LogP) is 1.19. The minimum absolute atomic E-state index is 0. The van der Waals surface area contributed by atoms with E-state index in [9.17, 15) is 4.79 Å². The summed E-state index contributed by atoms with van der Waals surface area (Å²) in [5, 5.41) is 3.33. The second kappa shape index (κ2) is 5.52. The van der Waals surface area contributed by atoms with E-state index in [0.717, 1.165) is 19.6 Å². The molecule has 15 heavy (non-hydrogen) atoms. The lowest BCUT2D eigenvalue weighted by molar-refractivity contribution is -0.127. The number of halogens is 1. The van der Waals surface area contributed by atoms with Gasteiger partial charge in [0.2, 0.25) is 5.91 Å². The molecule has 0 radical (unpaired) electrons. The van der Waals surface area contributed by atoms with Crippen LogP contribution in [-0.2, 0) is 4.79 Å². The minimum Gasteiger partial charge on any atom is -0.336 e. The zero-order valence-electron chi connectivity index (χ0n) is 9.11. The molecule has 1 N–H and O–H groups in total. The topological polar surface area (TPSA) is 32.3 Å². The van der Waals surface area contributed by atoms with Gasteiger partial charge in [-0.15, -0.1) is 12.4 Å². The highest BCUT2D eigenvalue weighted by molar-refractivity contribution is 5.87. The van der Waals surface area contributed by atoms with E-state index in [1.165, 1.54) is 12.8 Å². The van der Waals surface area contributed by atoms with Crippen LogP contribution >= 0.6 is 12.4 Å². The molecular weight excluding hydrogens is 212 g/mol. The maximum atomic E-state index is 11.7. The van der Waals surface area contributed by atoms with Crippen molar-refractivity contribution in [3.05, 3.63) is 12.2 Å². The molecule has 86 valence electrons. The molecule has 4 heteroatoms. The zero-order valence-corrected chi connectivity index (χ0v) is 9.93. The molecule has 0 unspecified atom stereocenters. The summed E-state index contributed by atoms with van der Waals surface area (Å²) in [6, 6.07) is 0.432. The molecule has 1 aliphatic carbocycles. The summed E-state index contributed by atoms with van der Waals surface area (Å²) < 4.78 is 0. The average Bonchev–Trinajstić information content (AvgIpc) is 2.97. The van der Waals surface area contributed by atoms with Gasteiger partial charge >= 0.3 is 0 Å². The van der Waals surface area contributed by atoms with Crippen LogP contribution in [0.1, 0.15) is 19.8 Å². The van der Waals surface area contributed by atoms with Gasteiger partial charge in [0.1, 0.15) is 0 Å². The Balaban J connectivity index is 0.00000112. The number of hydrogen-bond acceptors (Lipinski definition) is 2. The minimum atomic E-state index is 0. The number of carbonyl (C=O) groups excluding carboxylic acids is 1. The van der Waals surface area contributed by atoms with E-state index in [1.807, 2.05) is 4.90 Å². The largest absolute Gasteiger partial charge is 0.336 e. The second-order valence-corrected chi connectivity index (χ2v) is 4.34. The quantitative estimate of drug-likeness (QED) is 0.723. The first-order valence-electron chi connectivity index (χ1n) is 5.46. The van der Waals surface area contributed by atoms with Gasteiger partial charge < -0.3 is 10.2 Å². The van der Waals surface area contributed by atoms with Gasteiger partial charge in [-0.1, -0.05) is 6.08 Å². The molecular formula is C11H19ClN2O. The Bertz CT molecular complexity index is 251. The molecule has 1 atom stereocenters. The van der Waals surface area contributed by atoms with Crippen molar-refractivity contribution < 1.29 is 4.79 Å². The molecule has 0 bridgehead atoms. The highest BCUT2D eigenvalue weighted by atomic mass is 35.5. The molecule has 3 nitrogen and oxygen atoms in total. The van der Waals surface area contributed by atoms with Crippen molar-refractivity contribution in [2.24, 2.45) is 5.92 Å². The van der Waals surface area contributed by atoms with Gasteiger partial charge in [0.25, 0.3) is 0 Å².